The van der Waals surface area contributed by atoms with Gasteiger partial charge in [0.15, 0.2) is 5.76 Å². The van der Waals surface area contributed by atoms with E-state index < -0.39 is 11.8 Å². The van der Waals surface area contributed by atoms with Crippen LogP contribution in [0.4, 0.5) is 0 Å². The van der Waals surface area contributed by atoms with Crippen molar-refractivity contribution in [2.24, 2.45) is 0 Å². The number of hydrazine groups is 1. The Labute approximate surface area is 126 Å². The van der Waals surface area contributed by atoms with Gasteiger partial charge in [0.05, 0.1) is 19.2 Å². The molecule has 0 saturated heterocycles. The summed E-state index contributed by atoms with van der Waals surface area (Å²) in [5.74, 6) is -1.28. The molecule has 1 aromatic heterocycles. The summed E-state index contributed by atoms with van der Waals surface area (Å²) in [5, 5.41) is 2.36. The van der Waals surface area contributed by atoms with Gasteiger partial charge >= 0.3 is 0 Å². The second kappa shape index (κ2) is 7.63. The van der Waals surface area contributed by atoms with Gasteiger partial charge in [-0.25, -0.2) is 0 Å². The molecule has 0 bridgehead atoms. The average molecular weight is 301 g/mol. The summed E-state index contributed by atoms with van der Waals surface area (Å²) >= 11 is 0. The highest BCUT2D eigenvalue weighted by molar-refractivity contribution is 5.94. The lowest BCUT2D eigenvalue weighted by molar-refractivity contribution is -0.128. The zero-order valence-electron chi connectivity index (χ0n) is 11.7. The number of benzene rings is 1. The molecule has 0 aliphatic rings. The Morgan fingerprint density at radius 2 is 1.64 bits per heavy atom. The fraction of sp³-hybridized carbons (Fsp3) is 0.133. The van der Waals surface area contributed by atoms with Crippen molar-refractivity contribution in [3.8, 4) is 0 Å². The van der Waals surface area contributed by atoms with Crippen LogP contribution >= 0.6 is 0 Å². The van der Waals surface area contributed by atoms with Crippen molar-refractivity contribution in [2.45, 2.75) is 6.42 Å². The van der Waals surface area contributed by atoms with Gasteiger partial charge in [-0.2, -0.15) is 0 Å². The van der Waals surface area contributed by atoms with E-state index in [0.717, 1.165) is 5.56 Å². The van der Waals surface area contributed by atoms with Crippen LogP contribution in [0.25, 0.3) is 0 Å². The molecule has 3 N–H and O–H groups in total. The fourth-order valence-electron chi connectivity index (χ4n) is 1.66. The van der Waals surface area contributed by atoms with Gasteiger partial charge in [-0.1, -0.05) is 30.3 Å². The van der Waals surface area contributed by atoms with Crippen molar-refractivity contribution in [3.63, 3.8) is 0 Å². The molecule has 0 atom stereocenters. The molecule has 0 spiro atoms. The predicted molar refractivity (Wildman–Crippen MR) is 77.5 cm³/mol. The van der Waals surface area contributed by atoms with Crippen molar-refractivity contribution in [1.29, 1.82) is 0 Å². The Hall–Kier alpha value is -3.09. The van der Waals surface area contributed by atoms with Crippen molar-refractivity contribution in [2.75, 3.05) is 6.54 Å². The molecule has 7 heteroatoms. The summed E-state index contributed by atoms with van der Waals surface area (Å²) < 4.78 is 4.88. The quantitative estimate of drug-likeness (QED) is 0.696. The predicted octanol–water partition coefficient (Wildman–Crippen LogP) is 0.400. The van der Waals surface area contributed by atoms with E-state index >= 15 is 0 Å². The topological polar surface area (TPSA) is 100 Å². The van der Waals surface area contributed by atoms with E-state index in [1.165, 1.54) is 12.3 Å². The third kappa shape index (κ3) is 4.78. The normalized spacial score (nSPS) is 9.82. The number of hydrogen-bond acceptors (Lipinski definition) is 4. The maximum absolute atomic E-state index is 11.6. The minimum atomic E-state index is -0.540. The van der Waals surface area contributed by atoms with Gasteiger partial charge in [-0.15, -0.1) is 0 Å². The number of amides is 3. The van der Waals surface area contributed by atoms with Gasteiger partial charge in [0.1, 0.15) is 0 Å². The Bertz CT molecular complexity index is 638. The summed E-state index contributed by atoms with van der Waals surface area (Å²) in [4.78, 5) is 34.6. The SMILES string of the molecule is O=C(CNC(=O)c1ccco1)NNC(=O)Cc1ccccc1. The van der Waals surface area contributed by atoms with Gasteiger partial charge in [0, 0.05) is 0 Å². The maximum Gasteiger partial charge on any atom is 0.287 e. The van der Waals surface area contributed by atoms with E-state index in [0.29, 0.717) is 0 Å². The first-order valence-corrected chi connectivity index (χ1v) is 6.58. The van der Waals surface area contributed by atoms with Crippen LogP contribution in [0, 0.1) is 0 Å². The van der Waals surface area contributed by atoms with E-state index in [2.05, 4.69) is 16.2 Å². The molecule has 1 heterocycles. The highest BCUT2D eigenvalue weighted by atomic mass is 16.3. The molecular formula is C15H15N3O4. The van der Waals surface area contributed by atoms with Crippen LogP contribution in [0.5, 0.6) is 0 Å². The Kier molecular flexibility index (Phi) is 5.31. The first kappa shape index (κ1) is 15.3. The Morgan fingerprint density at radius 3 is 2.32 bits per heavy atom. The summed E-state index contributed by atoms with van der Waals surface area (Å²) in [6, 6.07) is 12.2. The molecule has 114 valence electrons. The Balaban J connectivity index is 1.67. The van der Waals surface area contributed by atoms with Gasteiger partial charge in [0.2, 0.25) is 5.91 Å². The second-order valence-electron chi connectivity index (χ2n) is 4.42. The molecule has 0 unspecified atom stereocenters. The molecule has 3 amide bonds. The highest BCUT2D eigenvalue weighted by Crippen LogP contribution is 1.99. The lowest BCUT2D eigenvalue weighted by Gasteiger charge is -2.08. The largest absolute Gasteiger partial charge is 0.459 e. The first-order valence-electron chi connectivity index (χ1n) is 6.58. The highest BCUT2D eigenvalue weighted by Gasteiger charge is 2.10. The van der Waals surface area contributed by atoms with Gasteiger partial charge < -0.3 is 9.73 Å². The molecule has 0 aliphatic heterocycles. The lowest BCUT2D eigenvalue weighted by Crippen LogP contribution is -2.46. The van der Waals surface area contributed by atoms with E-state index in [9.17, 15) is 14.4 Å². The van der Waals surface area contributed by atoms with Crippen LogP contribution < -0.4 is 16.2 Å². The van der Waals surface area contributed by atoms with Crippen LogP contribution in [0.15, 0.2) is 53.1 Å². The van der Waals surface area contributed by atoms with E-state index in [1.54, 1.807) is 6.07 Å². The number of rotatable bonds is 5. The molecule has 2 aromatic rings. The molecule has 22 heavy (non-hydrogen) atoms. The molecule has 0 fully saturated rings. The summed E-state index contributed by atoms with van der Waals surface area (Å²) in [7, 11) is 0. The van der Waals surface area contributed by atoms with Gasteiger partial charge in [-0.3, -0.25) is 25.2 Å². The van der Waals surface area contributed by atoms with Crippen LogP contribution in [0.3, 0.4) is 0 Å². The van der Waals surface area contributed by atoms with Gasteiger partial charge in [-0.05, 0) is 17.7 Å². The first-order chi connectivity index (χ1) is 10.6. The summed E-state index contributed by atoms with van der Waals surface area (Å²) in [6.07, 6.45) is 1.51. The standard InChI is InChI=1S/C15H15N3O4/c19-13(9-11-5-2-1-3-6-11)17-18-14(20)10-16-15(21)12-7-4-8-22-12/h1-8H,9-10H2,(H,16,21)(H,17,19)(H,18,20). The van der Waals surface area contributed by atoms with E-state index in [4.69, 9.17) is 4.42 Å². The molecule has 1 aromatic carbocycles. The van der Waals surface area contributed by atoms with Crippen LogP contribution in [-0.4, -0.2) is 24.3 Å². The monoisotopic (exact) mass is 301 g/mol. The van der Waals surface area contributed by atoms with Crippen molar-refractivity contribution < 1.29 is 18.8 Å². The summed E-state index contributed by atoms with van der Waals surface area (Å²) in [5.41, 5.74) is 5.33. The second-order valence-corrected chi connectivity index (χ2v) is 4.42. The molecule has 2 rings (SSSR count). The minimum absolute atomic E-state index is 0.112. The molecule has 0 saturated carbocycles. The Morgan fingerprint density at radius 1 is 0.909 bits per heavy atom. The zero-order valence-corrected chi connectivity index (χ0v) is 11.7. The third-order valence-corrected chi connectivity index (χ3v) is 2.70. The summed E-state index contributed by atoms with van der Waals surface area (Å²) in [6.45, 7) is -0.273. The number of carbonyl (C=O) groups is 3. The third-order valence-electron chi connectivity index (χ3n) is 2.70. The fourth-order valence-corrected chi connectivity index (χ4v) is 1.66. The van der Waals surface area contributed by atoms with Crippen molar-refractivity contribution in [1.82, 2.24) is 16.2 Å². The zero-order chi connectivity index (χ0) is 15.8. The van der Waals surface area contributed by atoms with Crippen molar-refractivity contribution in [3.05, 3.63) is 60.1 Å². The van der Waals surface area contributed by atoms with Crippen LogP contribution in [-0.2, 0) is 16.0 Å². The minimum Gasteiger partial charge on any atom is -0.459 e. The smallest absolute Gasteiger partial charge is 0.287 e. The molecule has 7 nitrogen and oxygen atoms in total. The number of furan rings is 1. The average Bonchev–Trinajstić information content (AvgIpc) is 3.06. The number of carbonyl (C=O) groups excluding carboxylic acids is 3. The molecular weight excluding hydrogens is 286 g/mol. The van der Waals surface area contributed by atoms with Crippen LogP contribution in [0.2, 0.25) is 0 Å². The molecule has 0 aliphatic carbocycles. The van der Waals surface area contributed by atoms with Gasteiger partial charge in [0.25, 0.3) is 11.8 Å². The lowest BCUT2D eigenvalue weighted by atomic mass is 10.1. The van der Waals surface area contributed by atoms with E-state index in [-0.39, 0.29) is 24.6 Å². The van der Waals surface area contributed by atoms with Crippen molar-refractivity contribution >= 4 is 17.7 Å². The van der Waals surface area contributed by atoms with Crippen LogP contribution in [0.1, 0.15) is 16.1 Å². The molecule has 0 radical (unpaired) electrons. The number of nitrogens with one attached hydrogen (secondary N) is 3. The van der Waals surface area contributed by atoms with E-state index in [1.807, 2.05) is 30.3 Å². The number of hydrogen-bond donors (Lipinski definition) is 3. The maximum atomic E-state index is 11.6.